The number of anilines is 1. The van der Waals surface area contributed by atoms with Crippen LogP contribution in [0.3, 0.4) is 0 Å². The number of nitrogens with one attached hydrogen (secondary N) is 1. The molecule has 0 fully saturated rings. The molecule has 1 amide bonds. The number of carbonyl (C=O) groups is 1. The molecule has 0 saturated heterocycles. The molecule has 0 spiro atoms. The fourth-order valence-corrected chi connectivity index (χ4v) is 5.01. The third kappa shape index (κ3) is 3.51. The molecule has 29 heavy (non-hydrogen) atoms. The van der Waals surface area contributed by atoms with E-state index in [0.717, 1.165) is 34.4 Å². The number of benzene rings is 1. The molecular formula is C22H23N3O3S. The third-order valence-corrected chi connectivity index (χ3v) is 6.71. The van der Waals surface area contributed by atoms with E-state index < -0.39 is 0 Å². The van der Waals surface area contributed by atoms with Gasteiger partial charge in [0.25, 0.3) is 5.91 Å². The van der Waals surface area contributed by atoms with Crippen molar-refractivity contribution in [3.63, 3.8) is 0 Å². The zero-order valence-electron chi connectivity index (χ0n) is 16.1. The number of amides is 1. The second-order valence-electron chi connectivity index (χ2n) is 7.58. The number of aromatic nitrogens is 1. The highest BCUT2D eigenvalue weighted by Crippen LogP contribution is 2.35. The number of carbonyl (C=O) groups excluding carboxylic acids is 1. The van der Waals surface area contributed by atoms with Gasteiger partial charge in [0.05, 0.1) is 5.69 Å². The van der Waals surface area contributed by atoms with Gasteiger partial charge in [-0.1, -0.05) is 18.9 Å². The molecule has 0 bridgehead atoms. The highest BCUT2D eigenvalue weighted by atomic mass is 32.1. The van der Waals surface area contributed by atoms with E-state index in [4.69, 9.17) is 20.2 Å². The molecule has 1 aliphatic heterocycles. The number of hydrogen-bond acceptors (Lipinski definition) is 6. The van der Waals surface area contributed by atoms with Gasteiger partial charge in [-0.15, -0.1) is 11.3 Å². The van der Waals surface area contributed by atoms with Crippen molar-refractivity contribution in [1.82, 2.24) is 10.3 Å². The molecule has 2 aromatic heterocycles. The maximum atomic E-state index is 12.8. The van der Waals surface area contributed by atoms with Gasteiger partial charge in [-0.05, 0) is 55.0 Å². The Morgan fingerprint density at radius 2 is 1.93 bits per heavy atom. The summed E-state index contributed by atoms with van der Waals surface area (Å²) in [4.78, 5) is 19.1. The lowest BCUT2D eigenvalue weighted by atomic mass is 9.96. The fourth-order valence-electron chi connectivity index (χ4n) is 4.00. The van der Waals surface area contributed by atoms with Gasteiger partial charge < -0.3 is 20.5 Å². The minimum Gasteiger partial charge on any atom is -0.454 e. The molecule has 0 unspecified atom stereocenters. The molecule has 3 N–H and O–H groups in total. The predicted molar refractivity (Wildman–Crippen MR) is 114 cm³/mol. The van der Waals surface area contributed by atoms with Crippen LogP contribution in [0, 0.1) is 0 Å². The number of nitrogens with zero attached hydrogens (tertiary/aromatic N) is 1. The Morgan fingerprint density at radius 3 is 2.83 bits per heavy atom. The third-order valence-electron chi connectivity index (χ3n) is 5.60. The summed E-state index contributed by atoms with van der Waals surface area (Å²) >= 11 is 1.38. The Labute approximate surface area is 173 Å². The molecule has 6 nitrogen and oxygen atoms in total. The smallest absolute Gasteiger partial charge is 0.263 e. The van der Waals surface area contributed by atoms with Crippen molar-refractivity contribution in [2.24, 2.45) is 0 Å². The number of aryl methyl sites for hydroxylation is 2. The quantitative estimate of drug-likeness (QED) is 0.677. The second-order valence-corrected chi connectivity index (χ2v) is 8.58. The van der Waals surface area contributed by atoms with Crippen LogP contribution in [0.2, 0.25) is 0 Å². The first-order chi connectivity index (χ1) is 14.2. The Hall–Kier alpha value is -2.80. The molecule has 5 rings (SSSR count). The summed E-state index contributed by atoms with van der Waals surface area (Å²) in [6.07, 6.45) is 6.94. The lowest BCUT2D eigenvalue weighted by Crippen LogP contribution is -2.22. The SMILES string of the molecule is Nc1c(C(=O)NCc2ccc3c(c2)OCO3)sc2nc3c(cc12)CCCCCC3. The van der Waals surface area contributed by atoms with E-state index in [0.29, 0.717) is 22.9 Å². The van der Waals surface area contributed by atoms with Crippen LogP contribution in [0.4, 0.5) is 5.69 Å². The van der Waals surface area contributed by atoms with Crippen molar-refractivity contribution >= 4 is 33.1 Å². The van der Waals surface area contributed by atoms with E-state index in [1.165, 1.54) is 48.3 Å². The van der Waals surface area contributed by atoms with E-state index in [1.54, 1.807) is 0 Å². The Balaban J connectivity index is 1.37. The van der Waals surface area contributed by atoms with Gasteiger partial charge in [0.15, 0.2) is 11.5 Å². The van der Waals surface area contributed by atoms with Crippen molar-refractivity contribution in [2.45, 2.75) is 45.1 Å². The van der Waals surface area contributed by atoms with Crippen LogP contribution in [0.5, 0.6) is 11.5 Å². The van der Waals surface area contributed by atoms with E-state index in [-0.39, 0.29) is 12.7 Å². The summed E-state index contributed by atoms with van der Waals surface area (Å²) in [6, 6.07) is 7.82. The zero-order chi connectivity index (χ0) is 19.8. The molecule has 0 saturated carbocycles. The van der Waals surface area contributed by atoms with Crippen molar-refractivity contribution in [3.8, 4) is 11.5 Å². The number of nitrogens with two attached hydrogens (primary N) is 1. The second kappa shape index (κ2) is 7.55. The van der Waals surface area contributed by atoms with Crippen molar-refractivity contribution in [1.29, 1.82) is 0 Å². The fraction of sp³-hybridized carbons (Fsp3) is 0.364. The lowest BCUT2D eigenvalue weighted by Gasteiger charge is -2.12. The minimum atomic E-state index is -0.171. The highest BCUT2D eigenvalue weighted by Gasteiger charge is 2.20. The number of nitrogen functional groups attached to an aromatic ring is 1. The summed E-state index contributed by atoms with van der Waals surface area (Å²) in [5, 5.41) is 3.87. The van der Waals surface area contributed by atoms with E-state index in [1.807, 2.05) is 18.2 Å². The van der Waals surface area contributed by atoms with Gasteiger partial charge in [0.1, 0.15) is 9.71 Å². The maximum Gasteiger partial charge on any atom is 0.263 e. The molecule has 0 radical (unpaired) electrons. The number of fused-ring (bicyclic) bond motifs is 3. The molecule has 2 aliphatic rings. The first kappa shape index (κ1) is 18.2. The maximum absolute atomic E-state index is 12.8. The van der Waals surface area contributed by atoms with Crippen LogP contribution >= 0.6 is 11.3 Å². The molecule has 1 aromatic carbocycles. The summed E-state index contributed by atoms with van der Waals surface area (Å²) in [7, 11) is 0. The summed E-state index contributed by atoms with van der Waals surface area (Å²) in [6.45, 7) is 0.632. The normalized spacial score (nSPS) is 15.6. The van der Waals surface area contributed by atoms with E-state index in [9.17, 15) is 4.79 Å². The number of pyridine rings is 1. The zero-order valence-corrected chi connectivity index (χ0v) is 16.9. The van der Waals surface area contributed by atoms with Crippen LogP contribution < -0.4 is 20.5 Å². The average molecular weight is 410 g/mol. The topological polar surface area (TPSA) is 86.5 Å². The summed E-state index contributed by atoms with van der Waals surface area (Å²) in [5.74, 6) is 1.27. The minimum absolute atomic E-state index is 0.171. The first-order valence-corrected chi connectivity index (χ1v) is 10.9. The van der Waals surface area contributed by atoms with Gasteiger partial charge in [0, 0.05) is 17.6 Å². The number of thiophene rings is 1. The molecule has 1 aliphatic carbocycles. The number of ether oxygens (including phenoxy) is 2. The van der Waals surface area contributed by atoms with Gasteiger partial charge in [-0.2, -0.15) is 0 Å². The van der Waals surface area contributed by atoms with Gasteiger partial charge in [-0.3, -0.25) is 4.79 Å². The monoisotopic (exact) mass is 409 g/mol. The summed E-state index contributed by atoms with van der Waals surface area (Å²) in [5.41, 5.74) is 10.3. The standard InChI is InChI=1S/C22H23N3O3S/c23-19-15-10-14-5-3-1-2-4-6-16(14)25-22(15)29-20(19)21(26)24-11-13-7-8-17-18(9-13)28-12-27-17/h7-10H,1-6,11-12,23H2,(H,24,26). The number of rotatable bonds is 3. The Morgan fingerprint density at radius 1 is 1.10 bits per heavy atom. The van der Waals surface area contributed by atoms with E-state index in [2.05, 4.69) is 11.4 Å². The van der Waals surface area contributed by atoms with Gasteiger partial charge in [0.2, 0.25) is 6.79 Å². The average Bonchev–Trinajstić information content (AvgIpc) is 3.30. The largest absolute Gasteiger partial charge is 0.454 e. The van der Waals surface area contributed by atoms with Crippen molar-refractivity contribution in [2.75, 3.05) is 12.5 Å². The predicted octanol–water partition coefficient (Wildman–Crippen LogP) is 4.20. The van der Waals surface area contributed by atoms with Crippen molar-refractivity contribution < 1.29 is 14.3 Å². The van der Waals surface area contributed by atoms with E-state index >= 15 is 0 Å². The molecular weight excluding hydrogens is 386 g/mol. The van der Waals surface area contributed by atoms with Crippen LogP contribution in [0.1, 0.15) is 52.2 Å². The van der Waals surface area contributed by atoms with Crippen LogP contribution in [0.25, 0.3) is 10.2 Å². The van der Waals surface area contributed by atoms with Crippen LogP contribution in [-0.2, 0) is 19.4 Å². The number of hydrogen-bond donors (Lipinski definition) is 2. The van der Waals surface area contributed by atoms with Crippen molar-refractivity contribution in [3.05, 3.63) is 46.0 Å². The Bertz CT molecular complexity index is 1090. The lowest BCUT2D eigenvalue weighted by molar-refractivity contribution is 0.0955. The molecule has 3 heterocycles. The summed E-state index contributed by atoms with van der Waals surface area (Å²) < 4.78 is 10.7. The first-order valence-electron chi connectivity index (χ1n) is 10.1. The highest BCUT2D eigenvalue weighted by molar-refractivity contribution is 7.21. The molecule has 0 atom stereocenters. The molecule has 7 heteroatoms. The van der Waals surface area contributed by atoms with Gasteiger partial charge >= 0.3 is 0 Å². The van der Waals surface area contributed by atoms with Gasteiger partial charge in [-0.25, -0.2) is 4.98 Å². The van der Waals surface area contributed by atoms with Crippen LogP contribution in [0.15, 0.2) is 24.3 Å². The molecule has 150 valence electrons. The Kier molecular flexibility index (Phi) is 4.75. The molecule has 3 aromatic rings. The van der Waals surface area contributed by atoms with Crippen LogP contribution in [-0.4, -0.2) is 17.7 Å².